The van der Waals surface area contributed by atoms with Crippen molar-refractivity contribution < 1.29 is 8.42 Å². The molecule has 7 nitrogen and oxygen atoms in total. The lowest BCUT2D eigenvalue weighted by atomic mass is 10.2. The zero-order chi connectivity index (χ0) is 19.8. The van der Waals surface area contributed by atoms with Gasteiger partial charge >= 0.3 is 0 Å². The summed E-state index contributed by atoms with van der Waals surface area (Å²) in [5, 5.41) is 3.57. The van der Waals surface area contributed by atoms with Gasteiger partial charge in [-0.25, -0.2) is 18.0 Å². The lowest BCUT2D eigenvalue weighted by Crippen LogP contribution is -2.26. The molecule has 3 rings (SSSR count). The van der Waals surface area contributed by atoms with Gasteiger partial charge in [-0.15, -0.1) is 0 Å². The van der Waals surface area contributed by atoms with Crippen LogP contribution in [0.4, 0.5) is 5.95 Å². The third kappa shape index (κ3) is 3.75. The van der Waals surface area contributed by atoms with Gasteiger partial charge in [0.2, 0.25) is 5.95 Å². The molecule has 0 spiro atoms. The Balaban J connectivity index is 2.29. The van der Waals surface area contributed by atoms with Crippen molar-refractivity contribution in [2.75, 3.05) is 11.6 Å². The van der Waals surface area contributed by atoms with Crippen LogP contribution in [0.25, 0.3) is 22.7 Å². The molecule has 27 heavy (non-hydrogen) atoms. The lowest BCUT2D eigenvalue weighted by molar-refractivity contribution is 0.602. The molecule has 0 fully saturated rings. The van der Waals surface area contributed by atoms with E-state index in [1.807, 2.05) is 13.8 Å². The second-order valence-corrected chi connectivity index (χ2v) is 8.49. The molecule has 140 valence electrons. The number of hydrogen-bond donors (Lipinski definition) is 1. The first-order chi connectivity index (χ1) is 12.7. The summed E-state index contributed by atoms with van der Waals surface area (Å²) in [6.45, 7) is 7.55. The predicted octanol–water partition coefficient (Wildman–Crippen LogP) is 2.65. The van der Waals surface area contributed by atoms with Crippen LogP contribution in [0.3, 0.4) is 0 Å². The van der Waals surface area contributed by atoms with Gasteiger partial charge in [0.15, 0.2) is 9.84 Å². The Hall–Kier alpha value is -3.00. The molecule has 0 aliphatic rings. The smallest absolute Gasteiger partial charge is 0.267 e. The topological polar surface area (TPSA) is 94.0 Å². The monoisotopic (exact) mass is 384 g/mol. The minimum absolute atomic E-state index is 0.0382. The van der Waals surface area contributed by atoms with E-state index in [4.69, 9.17) is 0 Å². The molecule has 0 atom stereocenters. The Kier molecular flexibility index (Phi) is 4.84. The number of sulfone groups is 1. The van der Waals surface area contributed by atoms with Gasteiger partial charge in [0, 0.05) is 12.3 Å². The van der Waals surface area contributed by atoms with Crippen LogP contribution < -0.4 is 10.9 Å². The third-order valence-electron chi connectivity index (χ3n) is 3.93. The van der Waals surface area contributed by atoms with Crippen molar-refractivity contribution in [2.24, 2.45) is 0 Å². The van der Waals surface area contributed by atoms with Crippen molar-refractivity contribution in [3.8, 4) is 5.69 Å². The summed E-state index contributed by atoms with van der Waals surface area (Å²) >= 11 is 0. The van der Waals surface area contributed by atoms with Crippen molar-refractivity contribution in [3.05, 3.63) is 59.2 Å². The molecular weight excluding hydrogens is 364 g/mol. The fourth-order valence-electron chi connectivity index (χ4n) is 2.65. The van der Waals surface area contributed by atoms with Crippen LogP contribution in [0, 0.1) is 0 Å². The Morgan fingerprint density at radius 1 is 1.22 bits per heavy atom. The zero-order valence-electron chi connectivity index (χ0n) is 15.3. The van der Waals surface area contributed by atoms with Crippen LogP contribution in [0.5, 0.6) is 0 Å². The molecule has 8 heteroatoms. The van der Waals surface area contributed by atoms with E-state index in [1.54, 1.807) is 24.3 Å². The number of aromatic nitrogens is 3. The molecule has 0 saturated carbocycles. The number of anilines is 1. The summed E-state index contributed by atoms with van der Waals surface area (Å²) in [5.41, 5.74) is 1.28. The fraction of sp³-hybridized carbons (Fsp3) is 0.211. The molecule has 3 aromatic rings. The molecule has 0 amide bonds. The van der Waals surface area contributed by atoms with Crippen molar-refractivity contribution in [1.82, 2.24) is 14.5 Å². The number of rotatable bonds is 5. The second-order valence-electron chi connectivity index (χ2n) is 6.47. The van der Waals surface area contributed by atoms with Crippen LogP contribution in [0.1, 0.15) is 19.5 Å². The van der Waals surface area contributed by atoms with Crippen molar-refractivity contribution >= 4 is 32.8 Å². The lowest BCUT2D eigenvalue weighted by Gasteiger charge is -2.17. The summed E-state index contributed by atoms with van der Waals surface area (Å²) < 4.78 is 24.8. The van der Waals surface area contributed by atoms with Gasteiger partial charge in [-0.05, 0) is 50.3 Å². The highest BCUT2D eigenvalue weighted by Gasteiger charge is 2.15. The maximum Gasteiger partial charge on any atom is 0.267 e. The number of pyridine rings is 1. The largest absolute Gasteiger partial charge is 0.353 e. The van der Waals surface area contributed by atoms with Crippen LogP contribution in [-0.4, -0.2) is 35.3 Å². The second kappa shape index (κ2) is 6.96. The Morgan fingerprint density at radius 3 is 2.44 bits per heavy atom. The van der Waals surface area contributed by atoms with Gasteiger partial charge in [-0.3, -0.25) is 9.78 Å². The van der Waals surface area contributed by atoms with Crippen LogP contribution in [-0.2, 0) is 9.84 Å². The van der Waals surface area contributed by atoms with Crippen molar-refractivity contribution in [2.45, 2.75) is 24.8 Å². The molecule has 2 aromatic heterocycles. The number of benzene rings is 1. The van der Waals surface area contributed by atoms with Crippen LogP contribution in [0.15, 0.2) is 52.8 Å². The molecule has 1 N–H and O–H groups in total. The first-order valence-corrected chi connectivity index (χ1v) is 10.2. The number of hydrogen-bond acceptors (Lipinski definition) is 6. The Labute approximate surface area is 157 Å². The van der Waals surface area contributed by atoms with E-state index >= 15 is 0 Å². The van der Waals surface area contributed by atoms with Gasteiger partial charge in [0.05, 0.1) is 33.4 Å². The first-order valence-electron chi connectivity index (χ1n) is 8.33. The van der Waals surface area contributed by atoms with Crippen molar-refractivity contribution in [3.63, 3.8) is 0 Å². The number of nitrogens with zero attached hydrogens (tertiary/aromatic N) is 3. The summed E-state index contributed by atoms with van der Waals surface area (Å²) in [5.74, 6) is 0.364. The van der Waals surface area contributed by atoms with E-state index in [-0.39, 0.29) is 16.5 Å². The quantitative estimate of drug-likeness (QED) is 0.727. The van der Waals surface area contributed by atoms with Gasteiger partial charge in [-0.1, -0.05) is 6.58 Å². The Bertz CT molecular complexity index is 1180. The Morgan fingerprint density at radius 2 is 1.89 bits per heavy atom. The maximum absolute atomic E-state index is 13.2. The molecule has 2 heterocycles. The van der Waals surface area contributed by atoms with Gasteiger partial charge in [0.25, 0.3) is 5.56 Å². The predicted molar refractivity (Wildman–Crippen MR) is 107 cm³/mol. The maximum atomic E-state index is 13.2. The number of fused-ring (bicyclic) bond motifs is 1. The summed E-state index contributed by atoms with van der Waals surface area (Å²) in [7, 11) is -3.32. The van der Waals surface area contributed by atoms with Gasteiger partial charge in [-0.2, -0.15) is 0 Å². The molecule has 0 bridgehead atoms. The van der Waals surface area contributed by atoms with Crippen molar-refractivity contribution in [1.29, 1.82) is 0 Å². The van der Waals surface area contributed by atoms with E-state index in [1.165, 1.54) is 22.9 Å². The average Bonchev–Trinajstić information content (AvgIpc) is 2.61. The minimum atomic E-state index is -3.32. The summed E-state index contributed by atoms with van der Waals surface area (Å²) in [4.78, 5) is 22.1. The number of nitrogens with one attached hydrogen (secondary N) is 1. The van der Waals surface area contributed by atoms with Gasteiger partial charge in [0.1, 0.15) is 0 Å². The zero-order valence-corrected chi connectivity index (χ0v) is 16.1. The molecule has 1 aromatic carbocycles. The average molecular weight is 384 g/mol. The fourth-order valence-corrected chi connectivity index (χ4v) is 3.28. The highest BCUT2D eigenvalue weighted by molar-refractivity contribution is 7.90. The normalized spacial score (nSPS) is 11.7. The van der Waals surface area contributed by atoms with Crippen LogP contribution in [0.2, 0.25) is 0 Å². The van der Waals surface area contributed by atoms with E-state index in [9.17, 15) is 13.2 Å². The van der Waals surface area contributed by atoms with E-state index in [0.29, 0.717) is 28.2 Å². The first kappa shape index (κ1) is 18.8. The summed E-state index contributed by atoms with van der Waals surface area (Å²) in [6.07, 6.45) is 4.24. The highest BCUT2D eigenvalue weighted by atomic mass is 32.2. The standard InChI is InChI=1S/C19H20N4O3S/c1-5-13-10-16-17(11-20-13)22-19(21-12(2)3)23(18(16)24)14-6-8-15(9-7-14)27(4,25)26/h5-12H,1H2,2-4H3,(H,21,22). The molecule has 0 unspecified atom stereocenters. The van der Waals surface area contributed by atoms with Gasteiger partial charge < -0.3 is 5.32 Å². The summed E-state index contributed by atoms with van der Waals surface area (Å²) in [6, 6.07) is 7.80. The van der Waals surface area contributed by atoms with E-state index < -0.39 is 9.84 Å². The highest BCUT2D eigenvalue weighted by Crippen LogP contribution is 2.19. The van der Waals surface area contributed by atoms with E-state index in [2.05, 4.69) is 21.9 Å². The molecule has 0 radical (unpaired) electrons. The molecule has 0 saturated heterocycles. The minimum Gasteiger partial charge on any atom is -0.353 e. The van der Waals surface area contributed by atoms with E-state index in [0.717, 1.165) is 6.26 Å². The SMILES string of the molecule is C=Cc1cc2c(=O)n(-c3ccc(S(C)(=O)=O)cc3)c(NC(C)C)nc2cn1. The molecule has 0 aliphatic heterocycles. The van der Waals surface area contributed by atoms with Crippen LogP contribution >= 0.6 is 0 Å². The molecule has 0 aliphatic carbocycles. The third-order valence-corrected chi connectivity index (χ3v) is 5.05. The molecular formula is C19H20N4O3S.